The Bertz CT molecular complexity index is 114. The van der Waals surface area contributed by atoms with Crippen LogP contribution in [0.2, 0.25) is 0 Å². The fourth-order valence-electron chi connectivity index (χ4n) is 0.279. The third kappa shape index (κ3) is 0.843. The standard InChI is InChI=1S/C3H2NS.Li/c1-2-4-5-3-1;/h1-2H;. The number of hydrogen-bond acceptors (Lipinski definition) is 2. The summed E-state index contributed by atoms with van der Waals surface area (Å²) in [7, 11) is 0. The van der Waals surface area contributed by atoms with Gasteiger partial charge in [0.2, 0.25) is 0 Å². The second-order valence-corrected chi connectivity index (χ2v) is 2.16. The van der Waals surface area contributed by atoms with Gasteiger partial charge in [0.05, 0.1) is 0 Å². The molecule has 0 N–H and O–H groups in total. The van der Waals surface area contributed by atoms with Crippen molar-refractivity contribution in [1.82, 2.24) is 4.37 Å². The van der Waals surface area contributed by atoms with Crippen LogP contribution in [0.25, 0.3) is 0 Å². The number of nitrogens with zero attached hydrogens (tertiary/aromatic N) is 1. The number of rotatable bonds is 0. The first kappa shape index (κ1) is 4.39. The van der Waals surface area contributed by atoms with Crippen LogP contribution in [-0.4, -0.2) is 22.1 Å². The second-order valence-electron chi connectivity index (χ2n) is 1.12. The van der Waals surface area contributed by atoms with E-state index in [0.29, 0.717) is 0 Å². The summed E-state index contributed by atoms with van der Waals surface area (Å²) in [5.74, 6) is 0. The maximum absolute atomic E-state index is 3.86. The van der Waals surface area contributed by atoms with Crippen LogP contribution in [0.4, 0.5) is 0 Å². The fourth-order valence-corrected chi connectivity index (χ4v) is 0.689. The van der Waals surface area contributed by atoms with E-state index in [1.165, 1.54) is 15.1 Å². The number of aromatic nitrogens is 1. The molecule has 3 heteroatoms. The van der Waals surface area contributed by atoms with Crippen molar-refractivity contribution in [1.29, 1.82) is 0 Å². The molecule has 0 aliphatic heterocycles. The van der Waals surface area contributed by atoms with Gasteiger partial charge in [-0.1, -0.05) is 0 Å². The van der Waals surface area contributed by atoms with E-state index in [2.05, 4.69) is 4.37 Å². The van der Waals surface area contributed by atoms with E-state index in [0.717, 1.165) is 0 Å². The molecule has 0 atom stereocenters. The number of hydrogen-bond donors (Lipinski definition) is 0. The van der Waals surface area contributed by atoms with Crippen molar-refractivity contribution in [2.45, 2.75) is 0 Å². The third-order valence-electron chi connectivity index (χ3n) is 0.567. The predicted molar refractivity (Wildman–Crippen MR) is 27.5 cm³/mol. The first-order valence-corrected chi connectivity index (χ1v) is 2.54. The van der Waals surface area contributed by atoms with Crippen molar-refractivity contribution in [3.63, 3.8) is 0 Å². The van der Waals surface area contributed by atoms with Gasteiger partial charge < -0.3 is 0 Å². The van der Waals surface area contributed by atoms with Crippen LogP contribution in [0.15, 0.2) is 12.3 Å². The van der Waals surface area contributed by atoms with E-state index in [9.17, 15) is 0 Å². The van der Waals surface area contributed by atoms with E-state index < -0.39 is 0 Å². The molecule has 1 heterocycles. The Kier molecular flexibility index (Phi) is 1.31. The molecule has 6 heavy (non-hydrogen) atoms. The quantitative estimate of drug-likeness (QED) is 0.407. The molecule has 1 aromatic heterocycles. The minimum absolute atomic E-state index is 1.27. The molecule has 0 spiro atoms. The summed E-state index contributed by atoms with van der Waals surface area (Å²) in [6.45, 7) is 0. The van der Waals surface area contributed by atoms with Gasteiger partial charge in [0, 0.05) is 0 Å². The van der Waals surface area contributed by atoms with E-state index in [4.69, 9.17) is 0 Å². The van der Waals surface area contributed by atoms with Gasteiger partial charge in [0.1, 0.15) is 0 Å². The molecule has 0 aromatic carbocycles. The minimum atomic E-state index is 1.27. The predicted octanol–water partition coefficient (Wildman–Crippen LogP) is -0.0631. The van der Waals surface area contributed by atoms with E-state index in [-0.39, 0.29) is 0 Å². The zero-order valence-electron chi connectivity index (χ0n) is 3.51. The topological polar surface area (TPSA) is 12.9 Å². The fraction of sp³-hybridized carbons (Fsp3) is 0. The second kappa shape index (κ2) is 1.79. The van der Waals surface area contributed by atoms with Gasteiger partial charge in [-0.25, -0.2) is 0 Å². The summed E-state index contributed by atoms with van der Waals surface area (Å²) < 4.78 is 5.14. The van der Waals surface area contributed by atoms with Crippen LogP contribution in [-0.2, 0) is 0 Å². The van der Waals surface area contributed by atoms with Crippen LogP contribution in [0.5, 0.6) is 0 Å². The molecule has 0 radical (unpaired) electrons. The molecule has 0 aliphatic carbocycles. The molecule has 0 bridgehead atoms. The molecule has 1 aromatic rings. The summed E-state index contributed by atoms with van der Waals surface area (Å²) in [4.78, 5) is 0. The van der Waals surface area contributed by atoms with Crippen molar-refractivity contribution >= 4 is 32.8 Å². The molecule has 0 amide bonds. The molecular weight excluding hydrogens is 89.0 g/mol. The van der Waals surface area contributed by atoms with Crippen LogP contribution in [0.1, 0.15) is 0 Å². The zero-order chi connectivity index (χ0) is 4.41. The molecule has 0 fully saturated rings. The normalized spacial score (nSPS) is 9.00. The van der Waals surface area contributed by atoms with Crippen LogP contribution in [0.3, 0.4) is 0 Å². The first-order chi connectivity index (χ1) is 2.89. The molecule has 0 aliphatic rings. The van der Waals surface area contributed by atoms with E-state index in [1.54, 1.807) is 6.20 Å². The average molecular weight is 91.1 g/mol. The molecule has 26 valence electrons. The molecular formula is C3H2LiNS. The van der Waals surface area contributed by atoms with Gasteiger partial charge in [-0.2, -0.15) is 0 Å². The van der Waals surface area contributed by atoms with Gasteiger partial charge >= 0.3 is 49.4 Å². The zero-order valence-corrected chi connectivity index (χ0v) is 4.33. The summed E-state index contributed by atoms with van der Waals surface area (Å²) in [6.07, 6.45) is 1.81. The Labute approximate surface area is 49.8 Å². The summed E-state index contributed by atoms with van der Waals surface area (Å²) in [5.41, 5.74) is 0. The van der Waals surface area contributed by atoms with Gasteiger partial charge in [-0.15, -0.1) is 0 Å². The summed E-state index contributed by atoms with van der Waals surface area (Å²) >= 11 is 3.57. The molecule has 0 saturated heterocycles. The van der Waals surface area contributed by atoms with Crippen molar-refractivity contribution in [3.8, 4) is 0 Å². The van der Waals surface area contributed by atoms with Gasteiger partial charge in [0.15, 0.2) is 0 Å². The monoisotopic (exact) mass is 91.0 g/mol. The van der Waals surface area contributed by atoms with Crippen LogP contribution in [0, 0.1) is 0 Å². The van der Waals surface area contributed by atoms with Crippen LogP contribution < -0.4 is 3.55 Å². The molecule has 0 saturated carbocycles. The summed E-state index contributed by atoms with van der Waals surface area (Å²) in [5, 5.41) is 0. The Morgan fingerprint density at radius 3 is 2.83 bits per heavy atom. The SMILES string of the molecule is [Li][c]1ccns1. The molecule has 1 rings (SSSR count). The van der Waals surface area contributed by atoms with Crippen molar-refractivity contribution in [3.05, 3.63) is 12.3 Å². The Morgan fingerprint density at radius 2 is 2.67 bits per heavy atom. The maximum atomic E-state index is 3.86. The van der Waals surface area contributed by atoms with Gasteiger partial charge in [-0.05, 0) is 0 Å². The van der Waals surface area contributed by atoms with Crippen molar-refractivity contribution in [2.24, 2.45) is 0 Å². The Morgan fingerprint density at radius 1 is 1.83 bits per heavy atom. The summed E-state index contributed by atoms with van der Waals surface area (Å²) in [6, 6.07) is 1.99. The molecule has 0 unspecified atom stereocenters. The third-order valence-corrected chi connectivity index (χ3v) is 1.22. The van der Waals surface area contributed by atoms with E-state index in [1.807, 2.05) is 23.8 Å². The average Bonchev–Trinajstić information content (AvgIpc) is 1.86. The van der Waals surface area contributed by atoms with Gasteiger partial charge in [0.25, 0.3) is 0 Å². The Hall–Kier alpha value is 0.227. The first-order valence-electron chi connectivity index (χ1n) is 1.77. The Balaban J connectivity index is 3.05. The molecule has 1 nitrogen and oxygen atoms in total. The van der Waals surface area contributed by atoms with Crippen molar-refractivity contribution in [2.75, 3.05) is 0 Å². The van der Waals surface area contributed by atoms with Crippen molar-refractivity contribution < 1.29 is 0 Å². The van der Waals surface area contributed by atoms with Crippen LogP contribution >= 0.6 is 11.5 Å². The van der Waals surface area contributed by atoms with Gasteiger partial charge in [-0.3, -0.25) is 0 Å². The van der Waals surface area contributed by atoms with E-state index >= 15 is 0 Å².